The minimum Gasteiger partial charge on any atom is -0.397 e. The van der Waals surface area contributed by atoms with Crippen molar-refractivity contribution in [2.75, 3.05) is 5.73 Å². The predicted octanol–water partition coefficient (Wildman–Crippen LogP) is 5.03. The summed E-state index contributed by atoms with van der Waals surface area (Å²) in [6, 6.07) is 6.44. The third kappa shape index (κ3) is 3.06. The van der Waals surface area contributed by atoms with Crippen LogP contribution in [-0.4, -0.2) is 5.78 Å². The Balaban J connectivity index is 2.54. The standard InChI is InChI=1S/C16H15ClFNOS/c1-8-4-7-13(9(2)14(8)10(3)20)21-16-11(18)5-6-12(19)15(16)17/h4-7H,19H2,1-3H3. The fourth-order valence-electron chi connectivity index (χ4n) is 2.23. The summed E-state index contributed by atoms with van der Waals surface area (Å²) >= 11 is 7.26. The summed E-state index contributed by atoms with van der Waals surface area (Å²) in [7, 11) is 0. The fraction of sp³-hybridized carbons (Fsp3) is 0.188. The molecule has 2 rings (SSSR count). The number of hydrogen-bond donors (Lipinski definition) is 1. The van der Waals surface area contributed by atoms with Crippen molar-refractivity contribution in [3.63, 3.8) is 0 Å². The van der Waals surface area contributed by atoms with E-state index in [4.69, 9.17) is 17.3 Å². The van der Waals surface area contributed by atoms with Crippen LogP contribution in [0.2, 0.25) is 5.02 Å². The summed E-state index contributed by atoms with van der Waals surface area (Å²) in [5.41, 5.74) is 8.45. The van der Waals surface area contributed by atoms with Gasteiger partial charge in [0.25, 0.3) is 0 Å². The van der Waals surface area contributed by atoms with Gasteiger partial charge in [-0.25, -0.2) is 4.39 Å². The molecule has 0 spiro atoms. The van der Waals surface area contributed by atoms with Gasteiger partial charge >= 0.3 is 0 Å². The van der Waals surface area contributed by atoms with Crippen LogP contribution < -0.4 is 5.73 Å². The molecule has 0 unspecified atom stereocenters. The van der Waals surface area contributed by atoms with Crippen LogP contribution in [0.15, 0.2) is 34.1 Å². The van der Waals surface area contributed by atoms with Gasteiger partial charge in [-0.2, -0.15) is 0 Å². The van der Waals surface area contributed by atoms with Gasteiger partial charge in [-0.05, 0) is 50.1 Å². The first kappa shape index (κ1) is 15.9. The van der Waals surface area contributed by atoms with Crippen LogP contribution in [0.3, 0.4) is 0 Å². The van der Waals surface area contributed by atoms with Gasteiger partial charge in [-0.3, -0.25) is 4.79 Å². The molecule has 0 saturated heterocycles. The molecule has 2 aromatic carbocycles. The largest absolute Gasteiger partial charge is 0.397 e. The fourth-order valence-corrected chi connectivity index (χ4v) is 3.48. The van der Waals surface area contributed by atoms with Crippen LogP contribution in [0.5, 0.6) is 0 Å². The molecule has 0 aliphatic heterocycles. The van der Waals surface area contributed by atoms with E-state index in [-0.39, 0.29) is 15.7 Å². The van der Waals surface area contributed by atoms with E-state index in [0.29, 0.717) is 11.3 Å². The highest BCUT2D eigenvalue weighted by Crippen LogP contribution is 2.40. The van der Waals surface area contributed by atoms with E-state index in [0.717, 1.165) is 16.0 Å². The molecule has 2 N–H and O–H groups in total. The lowest BCUT2D eigenvalue weighted by atomic mass is 10.00. The highest BCUT2D eigenvalue weighted by Gasteiger charge is 2.16. The van der Waals surface area contributed by atoms with Crippen molar-refractivity contribution in [2.24, 2.45) is 0 Å². The second-order valence-corrected chi connectivity index (χ2v) is 6.25. The third-order valence-corrected chi connectivity index (χ3v) is 5.05. The average molecular weight is 324 g/mol. The van der Waals surface area contributed by atoms with E-state index in [1.165, 1.54) is 30.8 Å². The van der Waals surface area contributed by atoms with Crippen molar-refractivity contribution < 1.29 is 9.18 Å². The quantitative estimate of drug-likeness (QED) is 0.636. The van der Waals surface area contributed by atoms with Gasteiger partial charge in [0.2, 0.25) is 0 Å². The zero-order valence-corrected chi connectivity index (χ0v) is 13.5. The van der Waals surface area contributed by atoms with E-state index in [2.05, 4.69) is 0 Å². The van der Waals surface area contributed by atoms with Gasteiger partial charge in [-0.15, -0.1) is 0 Å². The summed E-state index contributed by atoms with van der Waals surface area (Å²) in [4.78, 5) is 12.8. The Morgan fingerprint density at radius 2 is 1.90 bits per heavy atom. The van der Waals surface area contributed by atoms with Gasteiger partial charge in [0.1, 0.15) is 5.82 Å². The minimum atomic E-state index is -0.427. The lowest BCUT2D eigenvalue weighted by Gasteiger charge is -2.13. The van der Waals surface area contributed by atoms with Crippen LogP contribution in [0.1, 0.15) is 28.4 Å². The van der Waals surface area contributed by atoms with Gasteiger partial charge in [0.15, 0.2) is 5.78 Å². The minimum absolute atomic E-state index is 0.00778. The molecule has 5 heteroatoms. The smallest absolute Gasteiger partial charge is 0.160 e. The molecule has 0 aliphatic carbocycles. The number of aryl methyl sites for hydroxylation is 1. The molecule has 21 heavy (non-hydrogen) atoms. The Hall–Kier alpha value is -1.52. The summed E-state index contributed by atoms with van der Waals surface area (Å²) < 4.78 is 14.0. The Bertz CT molecular complexity index is 731. The van der Waals surface area contributed by atoms with Crippen molar-refractivity contribution in [1.29, 1.82) is 0 Å². The molecular weight excluding hydrogens is 309 g/mol. The zero-order chi connectivity index (χ0) is 15.7. The van der Waals surface area contributed by atoms with Crippen molar-refractivity contribution >= 4 is 34.8 Å². The molecule has 0 amide bonds. The summed E-state index contributed by atoms with van der Waals surface area (Å²) in [6.45, 7) is 5.26. The average Bonchev–Trinajstić information content (AvgIpc) is 2.41. The second-order valence-electron chi connectivity index (χ2n) is 4.82. The van der Waals surface area contributed by atoms with Crippen LogP contribution in [0.4, 0.5) is 10.1 Å². The molecule has 0 fully saturated rings. The second kappa shape index (κ2) is 6.08. The number of nitrogen functional groups attached to an aromatic ring is 1. The van der Waals surface area contributed by atoms with Gasteiger partial charge in [0.05, 0.1) is 15.6 Å². The molecule has 0 bridgehead atoms. The first-order valence-electron chi connectivity index (χ1n) is 6.35. The SMILES string of the molecule is CC(=O)c1c(C)ccc(Sc2c(F)ccc(N)c2Cl)c1C. The maximum atomic E-state index is 14.0. The maximum Gasteiger partial charge on any atom is 0.160 e. The molecular formula is C16H15ClFNOS. The van der Waals surface area contributed by atoms with E-state index in [1.807, 2.05) is 26.0 Å². The molecule has 0 saturated carbocycles. The van der Waals surface area contributed by atoms with E-state index in [9.17, 15) is 9.18 Å². The number of anilines is 1. The first-order chi connectivity index (χ1) is 9.82. The molecule has 0 aliphatic rings. The summed E-state index contributed by atoms with van der Waals surface area (Å²) in [6.07, 6.45) is 0. The maximum absolute atomic E-state index is 14.0. The summed E-state index contributed by atoms with van der Waals surface area (Å²) in [5, 5.41) is 0.198. The van der Waals surface area contributed by atoms with Gasteiger partial charge in [-0.1, -0.05) is 29.4 Å². The van der Waals surface area contributed by atoms with Gasteiger partial charge < -0.3 is 5.73 Å². The Morgan fingerprint density at radius 3 is 2.52 bits per heavy atom. The number of halogens is 2. The summed E-state index contributed by atoms with van der Waals surface area (Å²) in [5.74, 6) is -0.435. The monoisotopic (exact) mass is 323 g/mol. The molecule has 0 radical (unpaired) electrons. The Morgan fingerprint density at radius 1 is 1.24 bits per heavy atom. The topological polar surface area (TPSA) is 43.1 Å². The molecule has 2 aromatic rings. The van der Waals surface area contributed by atoms with Crippen molar-refractivity contribution in [2.45, 2.75) is 30.6 Å². The molecule has 0 atom stereocenters. The normalized spacial score (nSPS) is 10.7. The van der Waals surface area contributed by atoms with Crippen LogP contribution in [0, 0.1) is 19.7 Å². The Kier molecular flexibility index (Phi) is 4.59. The molecule has 0 aromatic heterocycles. The number of carbonyl (C=O) groups excluding carboxylic acids is 1. The number of hydrogen-bond acceptors (Lipinski definition) is 3. The highest BCUT2D eigenvalue weighted by atomic mass is 35.5. The molecule has 110 valence electrons. The number of benzene rings is 2. The van der Waals surface area contributed by atoms with E-state index in [1.54, 1.807) is 0 Å². The number of nitrogens with two attached hydrogens (primary N) is 1. The Labute approximate surface area is 132 Å². The van der Waals surface area contributed by atoms with Gasteiger partial charge in [0, 0.05) is 10.5 Å². The third-order valence-electron chi connectivity index (χ3n) is 3.27. The van der Waals surface area contributed by atoms with Crippen molar-refractivity contribution in [3.05, 3.63) is 51.8 Å². The van der Waals surface area contributed by atoms with Crippen LogP contribution in [-0.2, 0) is 0 Å². The van der Waals surface area contributed by atoms with Crippen molar-refractivity contribution in [1.82, 2.24) is 0 Å². The number of ketones is 1. The number of Topliss-reactive ketones (excluding diaryl/α,β-unsaturated/α-hetero) is 1. The highest BCUT2D eigenvalue weighted by molar-refractivity contribution is 7.99. The predicted molar refractivity (Wildman–Crippen MR) is 85.9 cm³/mol. The lowest BCUT2D eigenvalue weighted by molar-refractivity contribution is 0.101. The number of carbonyl (C=O) groups is 1. The van der Waals surface area contributed by atoms with E-state index >= 15 is 0 Å². The molecule has 0 heterocycles. The zero-order valence-electron chi connectivity index (χ0n) is 12.0. The van der Waals surface area contributed by atoms with Crippen LogP contribution >= 0.6 is 23.4 Å². The number of rotatable bonds is 3. The lowest BCUT2D eigenvalue weighted by Crippen LogP contribution is -2.01. The van der Waals surface area contributed by atoms with E-state index < -0.39 is 5.82 Å². The van der Waals surface area contributed by atoms with Crippen molar-refractivity contribution in [3.8, 4) is 0 Å². The van der Waals surface area contributed by atoms with Crippen LogP contribution in [0.25, 0.3) is 0 Å². The first-order valence-corrected chi connectivity index (χ1v) is 7.54. The molecule has 2 nitrogen and oxygen atoms in total.